The van der Waals surface area contributed by atoms with Gasteiger partial charge in [0.15, 0.2) is 0 Å². The van der Waals surface area contributed by atoms with Gasteiger partial charge in [-0.1, -0.05) is 11.6 Å². The molecule has 0 bridgehead atoms. The van der Waals surface area contributed by atoms with Gasteiger partial charge in [0.1, 0.15) is 11.6 Å². The molecule has 1 fully saturated rings. The average Bonchev–Trinajstić information content (AvgIpc) is 2.43. The van der Waals surface area contributed by atoms with E-state index in [2.05, 4.69) is 0 Å². The topological polar surface area (TPSA) is 52.3 Å². The van der Waals surface area contributed by atoms with E-state index in [1.807, 2.05) is 0 Å². The molecule has 0 unspecified atom stereocenters. The van der Waals surface area contributed by atoms with Crippen molar-refractivity contribution in [2.24, 2.45) is 11.1 Å². The number of ether oxygens (including phenoxy) is 1. The van der Waals surface area contributed by atoms with Crippen molar-refractivity contribution in [2.45, 2.75) is 19.3 Å². The Morgan fingerprint density at radius 2 is 2.11 bits per heavy atom. The zero-order valence-electron chi connectivity index (χ0n) is 10.6. The van der Waals surface area contributed by atoms with Crippen LogP contribution in [0.25, 0.3) is 0 Å². The Morgan fingerprint density at radius 3 is 2.74 bits per heavy atom. The fraction of sp³-hybridized carbons (Fsp3) is 0.500. The second kappa shape index (κ2) is 5.99. The van der Waals surface area contributed by atoms with Crippen molar-refractivity contribution >= 4 is 17.4 Å². The van der Waals surface area contributed by atoms with Gasteiger partial charge in [-0.3, -0.25) is 4.79 Å². The maximum Gasteiger partial charge on any atom is 0.144 e. The van der Waals surface area contributed by atoms with E-state index >= 15 is 0 Å². The normalized spacial score (nSPS) is 18.3. The van der Waals surface area contributed by atoms with Gasteiger partial charge in [0.2, 0.25) is 0 Å². The first-order valence-electron chi connectivity index (χ1n) is 6.32. The Labute approximate surface area is 116 Å². The van der Waals surface area contributed by atoms with Gasteiger partial charge in [0.25, 0.3) is 0 Å². The molecule has 2 N–H and O–H groups in total. The Morgan fingerprint density at radius 1 is 1.42 bits per heavy atom. The molecule has 5 heteroatoms. The van der Waals surface area contributed by atoms with E-state index in [1.165, 1.54) is 18.2 Å². The molecule has 19 heavy (non-hydrogen) atoms. The van der Waals surface area contributed by atoms with Gasteiger partial charge in [0, 0.05) is 36.6 Å². The monoisotopic (exact) mass is 285 g/mol. The number of carbonyl (C=O) groups is 1. The molecule has 1 aromatic carbocycles. The highest BCUT2D eigenvalue weighted by atomic mass is 35.5. The molecule has 0 spiro atoms. The number of Topliss-reactive ketones (excluding diaryl/α,β-unsaturated/α-hetero) is 1. The molecule has 0 atom stereocenters. The first kappa shape index (κ1) is 14.4. The van der Waals surface area contributed by atoms with Crippen molar-refractivity contribution in [2.75, 3.05) is 19.8 Å². The molecule has 1 aliphatic rings. The van der Waals surface area contributed by atoms with Crippen LogP contribution in [0.2, 0.25) is 5.02 Å². The van der Waals surface area contributed by atoms with Gasteiger partial charge in [-0.05, 0) is 36.6 Å². The minimum absolute atomic E-state index is 0.0283. The lowest BCUT2D eigenvalue weighted by atomic mass is 9.74. The first-order valence-corrected chi connectivity index (χ1v) is 6.70. The van der Waals surface area contributed by atoms with E-state index in [0.717, 1.165) is 0 Å². The van der Waals surface area contributed by atoms with Crippen molar-refractivity contribution in [3.05, 3.63) is 34.6 Å². The third kappa shape index (κ3) is 3.14. The van der Waals surface area contributed by atoms with Crippen molar-refractivity contribution in [1.82, 2.24) is 0 Å². The van der Waals surface area contributed by atoms with E-state index in [1.54, 1.807) is 0 Å². The summed E-state index contributed by atoms with van der Waals surface area (Å²) in [6.07, 6.45) is 1.23. The summed E-state index contributed by atoms with van der Waals surface area (Å²) in [6, 6.07) is 4.25. The molecule has 0 radical (unpaired) electrons. The molecule has 0 amide bonds. The highest BCUT2D eigenvalue weighted by Crippen LogP contribution is 2.32. The van der Waals surface area contributed by atoms with Crippen LogP contribution in [0.15, 0.2) is 18.2 Å². The van der Waals surface area contributed by atoms with Crippen LogP contribution in [0, 0.1) is 11.2 Å². The van der Waals surface area contributed by atoms with Crippen LogP contribution in [0.5, 0.6) is 0 Å². The number of halogens is 2. The second-order valence-corrected chi connectivity index (χ2v) is 5.37. The average molecular weight is 286 g/mol. The molecule has 1 heterocycles. The molecular formula is C14H17ClFNO2. The highest BCUT2D eigenvalue weighted by Gasteiger charge is 2.38. The summed E-state index contributed by atoms with van der Waals surface area (Å²) >= 11 is 5.83. The van der Waals surface area contributed by atoms with Crippen LogP contribution in [0.3, 0.4) is 0 Å². The van der Waals surface area contributed by atoms with Crippen LogP contribution < -0.4 is 5.73 Å². The number of nitrogens with two attached hydrogens (primary N) is 1. The first-order chi connectivity index (χ1) is 9.07. The van der Waals surface area contributed by atoms with Crippen LogP contribution in [-0.2, 0) is 16.0 Å². The molecule has 2 rings (SSSR count). The molecule has 0 aromatic heterocycles. The fourth-order valence-electron chi connectivity index (χ4n) is 2.40. The number of hydrogen-bond acceptors (Lipinski definition) is 3. The second-order valence-electron chi connectivity index (χ2n) is 4.93. The summed E-state index contributed by atoms with van der Waals surface area (Å²) in [5.74, 6) is -0.434. The Hall–Kier alpha value is -0.970. The zero-order chi connectivity index (χ0) is 13.9. The molecular weight excluding hydrogens is 269 g/mol. The Bertz CT molecular complexity index is 473. The van der Waals surface area contributed by atoms with Crippen LogP contribution >= 0.6 is 11.6 Å². The van der Waals surface area contributed by atoms with Gasteiger partial charge >= 0.3 is 0 Å². The summed E-state index contributed by atoms with van der Waals surface area (Å²) < 4.78 is 18.9. The van der Waals surface area contributed by atoms with Crippen molar-refractivity contribution in [3.63, 3.8) is 0 Å². The van der Waals surface area contributed by atoms with E-state index in [9.17, 15) is 9.18 Å². The van der Waals surface area contributed by atoms with Crippen LogP contribution in [-0.4, -0.2) is 25.5 Å². The van der Waals surface area contributed by atoms with Gasteiger partial charge in [-0.2, -0.15) is 0 Å². The molecule has 0 saturated carbocycles. The number of carbonyl (C=O) groups excluding carboxylic acids is 1. The Balaban J connectivity index is 2.17. The van der Waals surface area contributed by atoms with Crippen molar-refractivity contribution in [3.8, 4) is 0 Å². The SMILES string of the molecule is NCC1(C(=O)Cc2cc(Cl)ccc2F)CCOCC1. The lowest BCUT2D eigenvalue weighted by Crippen LogP contribution is -2.44. The maximum absolute atomic E-state index is 13.7. The summed E-state index contributed by atoms with van der Waals surface area (Å²) in [5, 5.41) is 0.429. The number of rotatable bonds is 4. The molecule has 1 aromatic rings. The van der Waals surface area contributed by atoms with Crippen LogP contribution in [0.4, 0.5) is 4.39 Å². The maximum atomic E-state index is 13.7. The van der Waals surface area contributed by atoms with Gasteiger partial charge in [-0.15, -0.1) is 0 Å². The largest absolute Gasteiger partial charge is 0.381 e. The van der Waals surface area contributed by atoms with E-state index in [-0.39, 0.29) is 18.7 Å². The predicted molar refractivity (Wildman–Crippen MR) is 71.7 cm³/mol. The van der Waals surface area contributed by atoms with E-state index < -0.39 is 11.2 Å². The van der Waals surface area contributed by atoms with Crippen molar-refractivity contribution in [1.29, 1.82) is 0 Å². The molecule has 1 saturated heterocycles. The van der Waals surface area contributed by atoms with Gasteiger partial charge in [-0.25, -0.2) is 4.39 Å². The summed E-state index contributed by atoms with van der Waals surface area (Å²) in [7, 11) is 0. The molecule has 0 aliphatic carbocycles. The van der Waals surface area contributed by atoms with E-state index in [4.69, 9.17) is 22.1 Å². The standard InChI is InChI=1S/C14H17ClFNO2/c15-11-1-2-12(16)10(7-11)8-13(18)14(9-17)3-5-19-6-4-14/h1-2,7H,3-6,8-9,17H2. The number of hydrogen-bond donors (Lipinski definition) is 1. The summed E-state index contributed by atoms with van der Waals surface area (Å²) in [5.41, 5.74) is 5.52. The number of ketones is 1. The smallest absolute Gasteiger partial charge is 0.144 e. The number of benzene rings is 1. The van der Waals surface area contributed by atoms with Crippen molar-refractivity contribution < 1.29 is 13.9 Å². The summed E-state index contributed by atoms with van der Waals surface area (Å²) in [4.78, 5) is 12.4. The highest BCUT2D eigenvalue weighted by molar-refractivity contribution is 6.30. The quantitative estimate of drug-likeness (QED) is 0.924. The molecule has 1 aliphatic heterocycles. The molecule has 104 valence electrons. The van der Waals surface area contributed by atoms with Gasteiger partial charge < -0.3 is 10.5 Å². The van der Waals surface area contributed by atoms with Crippen LogP contribution in [0.1, 0.15) is 18.4 Å². The lowest BCUT2D eigenvalue weighted by Gasteiger charge is -2.34. The Kier molecular flexibility index (Phi) is 4.55. The third-order valence-electron chi connectivity index (χ3n) is 3.79. The minimum atomic E-state index is -0.576. The fourth-order valence-corrected chi connectivity index (χ4v) is 2.59. The van der Waals surface area contributed by atoms with Gasteiger partial charge in [0.05, 0.1) is 0 Å². The lowest BCUT2D eigenvalue weighted by molar-refractivity contribution is -0.132. The zero-order valence-corrected chi connectivity index (χ0v) is 11.4. The summed E-state index contributed by atoms with van der Waals surface area (Å²) in [6.45, 7) is 1.33. The third-order valence-corrected chi connectivity index (χ3v) is 4.03. The molecule has 3 nitrogen and oxygen atoms in total. The minimum Gasteiger partial charge on any atom is -0.381 e. The predicted octanol–water partition coefficient (Wildman–Crippen LogP) is 2.35. The van der Waals surface area contributed by atoms with E-state index in [0.29, 0.717) is 36.6 Å².